The third kappa shape index (κ3) is 2.66. The van der Waals surface area contributed by atoms with Crippen LogP contribution in [0.1, 0.15) is 40.2 Å². The molecule has 0 fully saturated rings. The Balaban J connectivity index is 1.34. The summed E-state index contributed by atoms with van der Waals surface area (Å²) in [4.78, 5) is 3.63. The lowest BCUT2D eigenvalue weighted by atomic mass is 9.91. The lowest BCUT2D eigenvalue weighted by Crippen LogP contribution is -2.34. The molecule has 26 heavy (non-hydrogen) atoms. The number of aromatic amines is 1. The first-order valence-corrected chi connectivity index (χ1v) is 9.77. The number of hydrogen-bond acceptors (Lipinski definition) is 3. The third-order valence-corrected chi connectivity index (χ3v) is 6.10. The molecule has 136 valence electrons. The second-order valence-electron chi connectivity index (χ2n) is 7.87. The molecule has 1 unspecified atom stereocenters. The standard InChI is InChI=1S/C21H27N5/c1-13-3-5-18-15(9-13)16-10-14(4-6-19(16)24-18)23-12-20-17-11-22-8-7-21(17)26(2)25-20/h3,5,9,14,22-24H,4,6-8,10-12H2,1-2H3. The lowest BCUT2D eigenvalue weighted by molar-refractivity contribution is 0.451. The second-order valence-corrected chi connectivity index (χ2v) is 7.87. The highest BCUT2D eigenvalue weighted by molar-refractivity contribution is 5.85. The van der Waals surface area contributed by atoms with Gasteiger partial charge in [0.1, 0.15) is 0 Å². The van der Waals surface area contributed by atoms with Crippen LogP contribution in [-0.2, 0) is 39.4 Å². The van der Waals surface area contributed by atoms with Crippen molar-refractivity contribution < 1.29 is 0 Å². The highest BCUT2D eigenvalue weighted by Gasteiger charge is 2.24. The minimum Gasteiger partial charge on any atom is -0.358 e. The molecule has 0 saturated carbocycles. The van der Waals surface area contributed by atoms with Crippen molar-refractivity contribution in [2.45, 2.75) is 51.7 Å². The van der Waals surface area contributed by atoms with E-state index in [1.54, 1.807) is 0 Å². The van der Waals surface area contributed by atoms with E-state index in [2.05, 4.69) is 52.5 Å². The van der Waals surface area contributed by atoms with Gasteiger partial charge < -0.3 is 15.6 Å². The average molecular weight is 349 g/mol. The molecule has 5 nitrogen and oxygen atoms in total. The smallest absolute Gasteiger partial charge is 0.0810 e. The summed E-state index contributed by atoms with van der Waals surface area (Å²) in [7, 11) is 2.08. The van der Waals surface area contributed by atoms with E-state index in [0.717, 1.165) is 38.9 Å². The van der Waals surface area contributed by atoms with Crippen molar-refractivity contribution in [3.8, 4) is 0 Å². The Morgan fingerprint density at radius 2 is 2.19 bits per heavy atom. The molecule has 2 aliphatic rings. The highest BCUT2D eigenvalue weighted by Crippen LogP contribution is 2.30. The van der Waals surface area contributed by atoms with Crippen LogP contribution < -0.4 is 10.6 Å². The van der Waals surface area contributed by atoms with Gasteiger partial charge in [0.25, 0.3) is 0 Å². The molecular formula is C21H27N5. The van der Waals surface area contributed by atoms with Crippen LogP contribution in [0.25, 0.3) is 10.9 Å². The molecule has 3 N–H and O–H groups in total. The van der Waals surface area contributed by atoms with Crippen molar-refractivity contribution >= 4 is 10.9 Å². The van der Waals surface area contributed by atoms with Gasteiger partial charge in [0, 0.05) is 67.0 Å². The topological polar surface area (TPSA) is 57.7 Å². The molecule has 0 amide bonds. The third-order valence-electron chi connectivity index (χ3n) is 6.10. The number of rotatable bonds is 3. The summed E-state index contributed by atoms with van der Waals surface area (Å²) in [6.07, 6.45) is 4.50. The Morgan fingerprint density at radius 3 is 3.12 bits per heavy atom. The zero-order valence-electron chi connectivity index (χ0n) is 15.7. The largest absolute Gasteiger partial charge is 0.358 e. The predicted octanol–water partition coefficient (Wildman–Crippen LogP) is 2.50. The SMILES string of the molecule is Cc1ccc2[nH]c3c(c2c1)CC(NCc1nn(C)c2c1CNCC2)CC3. The summed E-state index contributed by atoms with van der Waals surface area (Å²) in [6, 6.07) is 7.27. The van der Waals surface area contributed by atoms with E-state index in [-0.39, 0.29) is 0 Å². The van der Waals surface area contributed by atoms with Gasteiger partial charge in [-0.05, 0) is 43.9 Å². The molecule has 1 aliphatic heterocycles. The van der Waals surface area contributed by atoms with E-state index < -0.39 is 0 Å². The van der Waals surface area contributed by atoms with Crippen LogP contribution in [0, 0.1) is 6.92 Å². The minimum absolute atomic E-state index is 0.524. The van der Waals surface area contributed by atoms with Crippen LogP contribution in [0.15, 0.2) is 18.2 Å². The van der Waals surface area contributed by atoms with Gasteiger partial charge in [-0.2, -0.15) is 5.10 Å². The van der Waals surface area contributed by atoms with Crippen LogP contribution in [0.5, 0.6) is 0 Å². The molecule has 5 heteroatoms. The van der Waals surface area contributed by atoms with Gasteiger partial charge in [-0.15, -0.1) is 0 Å². The summed E-state index contributed by atoms with van der Waals surface area (Å²) in [6.45, 7) is 5.06. The van der Waals surface area contributed by atoms with Crippen molar-refractivity contribution in [1.82, 2.24) is 25.4 Å². The first-order valence-electron chi connectivity index (χ1n) is 9.77. The summed E-state index contributed by atoms with van der Waals surface area (Å²) in [5.41, 5.74) is 9.59. The summed E-state index contributed by atoms with van der Waals surface area (Å²) < 4.78 is 2.08. The van der Waals surface area contributed by atoms with Gasteiger partial charge in [-0.3, -0.25) is 4.68 Å². The molecular weight excluding hydrogens is 322 g/mol. The van der Waals surface area contributed by atoms with Gasteiger partial charge in [0.2, 0.25) is 0 Å². The molecule has 2 aromatic heterocycles. The summed E-state index contributed by atoms with van der Waals surface area (Å²) in [5.74, 6) is 0. The van der Waals surface area contributed by atoms with Crippen molar-refractivity contribution in [1.29, 1.82) is 0 Å². The molecule has 1 aromatic carbocycles. The van der Waals surface area contributed by atoms with Crippen molar-refractivity contribution in [2.75, 3.05) is 6.54 Å². The number of fused-ring (bicyclic) bond motifs is 4. The molecule has 3 aromatic rings. The highest BCUT2D eigenvalue weighted by atomic mass is 15.3. The van der Waals surface area contributed by atoms with E-state index in [1.807, 2.05) is 0 Å². The molecule has 1 atom stereocenters. The maximum Gasteiger partial charge on any atom is 0.0810 e. The fraction of sp³-hybridized carbons (Fsp3) is 0.476. The number of benzene rings is 1. The number of aryl methyl sites for hydroxylation is 3. The van der Waals surface area contributed by atoms with E-state index in [9.17, 15) is 0 Å². The zero-order valence-corrected chi connectivity index (χ0v) is 15.7. The Labute approximate surface area is 154 Å². The van der Waals surface area contributed by atoms with Crippen molar-refractivity contribution in [2.24, 2.45) is 7.05 Å². The van der Waals surface area contributed by atoms with Crippen LogP contribution in [0.3, 0.4) is 0 Å². The first kappa shape index (κ1) is 16.1. The van der Waals surface area contributed by atoms with Crippen LogP contribution >= 0.6 is 0 Å². The second kappa shape index (κ2) is 6.25. The predicted molar refractivity (Wildman–Crippen MR) is 104 cm³/mol. The Kier molecular flexibility index (Phi) is 3.87. The summed E-state index contributed by atoms with van der Waals surface area (Å²) in [5, 5.41) is 13.5. The minimum atomic E-state index is 0.524. The first-order chi connectivity index (χ1) is 12.7. The Bertz CT molecular complexity index is 965. The number of nitrogens with one attached hydrogen (secondary N) is 3. The number of H-pyrrole nitrogens is 1. The molecule has 5 rings (SSSR count). The van der Waals surface area contributed by atoms with Gasteiger partial charge in [-0.25, -0.2) is 0 Å². The molecule has 1 aliphatic carbocycles. The lowest BCUT2D eigenvalue weighted by Gasteiger charge is -2.24. The zero-order chi connectivity index (χ0) is 17.7. The number of nitrogens with zero attached hydrogens (tertiary/aromatic N) is 2. The van der Waals surface area contributed by atoms with Crippen LogP contribution in [-0.4, -0.2) is 27.4 Å². The fourth-order valence-electron chi connectivity index (χ4n) is 4.69. The van der Waals surface area contributed by atoms with Crippen molar-refractivity contribution in [3.05, 3.63) is 52.0 Å². The molecule has 0 saturated heterocycles. The van der Waals surface area contributed by atoms with Gasteiger partial charge in [0.15, 0.2) is 0 Å². The molecule has 3 heterocycles. The number of hydrogen-bond donors (Lipinski definition) is 3. The number of aromatic nitrogens is 3. The van der Waals surface area contributed by atoms with E-state index in [0.29, 0.717) is 6.04 Å². The van der Waals surface area contributed by atoms with Crippen LogP contribution in [0.2, 0.25) is 0 Å². The van der Waals surface area contributed by atoms with Gasteiger partial charge >= 0.3 is 0 Å². The van der Waals surface area contributed by atoms with Crippen LogP contribution in [0.4, 0.5) is 0 Å². The van der Waals surface area contributed by atoms with Gasteiger partial charge in [-0.1, -0.05) is 11.6 Å². The summed E-state index contributed by atoms with van der Waals surface area (Å²) >= 11 is 0. The van der Waals surface area contributed by atoms with E-state index >= 15 is 0 Å². The van der Waals surface area contributed by atoms with E-state index in [4.69, 9.17) is 5.10 Å². The molecule has 0 radical (unpaired) electrons. The average Bonchev–Trinajstić information content (AvgIpc) is 3.18. The monoisotopic (exact) mass is 349 g/mol. The maximum absolute atomic E-state index is 4.78. The van der Waals surface area contributed by atoms with Crippen molar-refractivity contribution in [3.63, 3.8) is 0 Å². The fourth-order valence-corrected chi connectivity index (χ4v) is 4.69. The van der Waals surface area contributed by atoms with E-state index in [1.165, 1.54) is 51.1 Å². The quantitative estimate of drug-likeness (QED) is 0.681. The Hall–Kier alpha value is -2.11. The molecule has 0 spiro atoms. The molecule has 0 bridgehead atoms. The normalized spacial score (nSPS) is 19.5. The van der Waals surface area contributed by atoms with Gasteiger partial charge in [0.05, 0.1) is 5.69 Å². The maximum atomic E-state index is 4.78. The Morgan fingerprint density at radius 1 is 1.27 bits per heavy atom.